The highest BCUT2D eigenvalue weighted by Gasteiger charge is 2.25. The quantitative estimate of drug-likeness (QED) is 0.438. The summed E-state index contributed by atoms with van der Waals surface area (Å²) >= 11 is 0. The minimum Gasteiger partial charge on any atom is -0.504 e. The van der Waals surface area contributed by atoms with Gasteiger partial charge >= 0.3 is 5.97 Å². The second-order valence-electron chi connectivity index (χ2n) is 3.19. The number of hydrogen-bond acceptors (Lipinski definition) is 6. The van der Waals surface area contributed by atoms with Gasteiger partial charge in [0.05, 0.1) is 9.35 Å². The minimum absolute atomic E-state index is 0.0619. The van der Waals surface area contributed by atoms with Crippen LogP contribution in [0.5, 0.6) is 11.5 Å². The topological polar surface area (TPSA) is 113 Å². The highest BCUT2D eigenvalue weighted by atomic mass is 16.5. The number of carbonyl (C=O) groups excluding carboxylic acids is 1. The van der Waals surface area contributed by atoms with E-state index in [4.69, 9.17) is 13.6 Å². The monoisotopic (exact) mass is 243 g/mol. The van der Waals surface area contributed by atoms with E-state index in [1.807, 2.05) is 0 Å². The number of phenols is 2. The fraction of sp³-hybridized carbons (Fsp3) is 0.364. The zero-order valence-corrected chi connectivity index (χ0v) is 9.17. The Morgan fingerprint density at radius 1 is 1.53 bits per heavy atom. The van der Waals surface area contributed by atoms with E-state index in [2.05, 4.69) is 4.74 Å². The standard InChI is InChI=1S/C11H15NO5/c1-2-17-11(16)9(12)10(15)6-3-4-7(13)8(14)5-6/h3-5,9-10,13-15H,2,12H2,1H3/i9D,10D. The number of ether oxygens (including phenoxy) is 1. The smallest absolute Gasteiger partial charge is 0.325 e. The fourth-order valence-corrected chi connectivity index (χ4v) is 1.13. The Labute approximate surface area is 101 Å². The SMILES string of the molecule is [2H]C(N)(C(=O)OCC)C([2H])(O)c1ccc(O)c(O)c1. The van der Waals surface area contributed by atoms with Crippen molar-refractivity contribution in [1.29, 1.82) is 0 Å². The molecule has 0 saturated carbocycles. The average molecular weight is 243 g/mol. The molecule has 0 spiro atoms. The van der Waals surface area contributed by atoms with Crippen LogP contribution < -0.4 is 5.73 Å². The molecular weight excluding hydrogens is 226 g/mol. The molecule has 2 atom stereocenters. The van der Waals surface area contributed by atoms with E-state index in [1.165, 1.54) is 6.92 Å². The van der Waals surface area contributed by atoms with E-state index in [-0.39, 0.29) is 12.2 Å². The van der Waals surface area contributed by atoms with Crippen molar-refractivity contribution in [3.05, 3.63) is 23.8 Å². The third kappa shape index (κ3) is 3.08. The van der Waals surface area contributed by atoms with Crippen LogP contribution in [0.1, 0.15) is 21.3 Å². The number of carbonyl (C=O) groups is 1. The molecule has 0 saturated heterocycles. The third-order valence-corrected chi connectivity index (χ3v) is 2.00. The molecular formula is C11H15NO5. The van der Waals surface area contributed by atoms with Crippen molar-refractivity contribution in [3.63, 3.8) is 0 Å². The summed E-state index contributed by atoms with van der Waals surface area (Å²) in [4.78, 5) is 11.5. The summed E-state index contributed by atoms with van der Waals surface area (Å²) in [5, 5.41) is 28.4. The summed E-state index contributed by atoms with van der Waals surface area (Å²) in [6.07, 6.45) is -2.86. The van der Waals surface area contributed by atoms with Crippen LogP contribution in [-0.2, 0) is 9.53 Å². The zero-order valence-electron chi connectivity index (χ0n) is 11.2. The summed E-state index contributed by atoms with van der Waals surface area (Å²) in [6.45, 7) is 1.43. The second kappa shape index (κ2) is 5.51. The van der Waals surface area contributed by atoms with Crippen molar-refractivity contribution in [2.24, 2.45) is 5.73 Å². The summed E-state index contributed by atoms with van der Waals surface area (Å²) < 4.78 is 19.8. The third-order valence-electron chi connectivity index (χ3n) is 2.00. The fourth-order valence-electron chi connectivity index (χ4n) is 1.13. The van der Waals surface area contributed by atoms with Crippen LogP contribution >= 0.6 is 0 Å². The molecule has 0 aliphatic carbocycles. The van der Waals surface area contributed by atoms with E-state index in [1.54, 1.807) is 0 Å². The molecule has 1 aromatic rings. The van der Waals surface area contributed by atoms with Crippen molar-refractivity contribution in [3.8, 4) is 11.5 Å². The first-order valence-electron chi connectivity index (χ1n) is 5.85. The maximum absolute atomic E-state index is 11.5. The van der Waals surface area contributed by atoms with Gasteiger partial charge in [-0.3, -0.25) is 4.79 Å². The van der Waals surface area contributed by atoms with Gasteiger partial charge in [-0.25, -0.2) is 0 Å². The van der Waals surface area contributed by atoms with Gasteiger partial charge in [0.1, 0.15) is 12.1 Å². The van der Waals surface area contributed by atoms with Crippen molar-refractivity contribution >= 4 is 5.97 Å². The molecule has 2 unspecified atom stereocenters. The summed E-state index contributed by atoms with van der Waals surface area (Å²) in [7, 11) is 0. The Morgan fingerprint density at radius 2 is 2.18 bits per heavy atom. The molecule has 94 valence electrons. The molecule has 0 bridgehead atoms. The summed E-state index contributed by atoms with van der Waals surface area (Å²) in [6, 6.07) is 0.132. The van der Waals surface area contributed by atoms with Crippen molar-refractivity contribution < 1.29 is 27.6 Å². The van der Waals surface area contributed by atoms with E-state index < -0.39 is 29.6 Å². The number of benzene rings is 1. The van der Waals surface area contributed by atoms with Gasteiger partial charge in [0.25, 0.3) is 0 Å². The van der Waals surface area contributed by atoms with Gasteiger partial charge in [-0.2, -0.15) is 0 Å². The predicted molar refractivity (Wildman–Crippen MR) is 59.3 cm³/mol. The molecule has 0 aliphatic heterocycles. The van der Waals surface area contributed by atoms with E-state index >= 15 is 0 Å². The Bertz CT molecular complexity index is 490. The van der Waals surface area contributed by atoms with E-state index in [9.17, 15) is 15.0 Å². The van der Waals surface area contributed by atoms with Crippen molar-refractivity contribution in [2.75, 3.05) is 6.61 Å². The first-order valence-corrected chi connectivity index (χ1v) is 4.85. The highest BCUT2D eigenvalue weighted by Crippen LogP contribution is 2.28. The lowest BCUT2D eigenvalue weighted by Gasteiger charge is -2.17. The molecule has 17 heavy (non-hydrogen) atoms. The zero-order chi connectivity index (χ0) is 14.8. The van der Waals surface area contributed by atoms with Gasteiger partial charge in [0, 0.05) is 0 Å². The maximum atomic E-state index is 11.5. The molecule has 0 amide bonds. The van der Waals surface area contributed by atoms with E-state index in [0.29, 0.717) is 0 Å². The van der Waals surface area contributed by atoms with Gasteiger partial charge in [0.15, 0.2) is 11.5 Å². The van der Waals surface area contributed by atoms with Crippen LogP contribution in [0, 0.1) is 0 Å². The van der Waals surface area contributed by atoms with Crippen LogP contribution in [0.15, 0.2) is 18.2 Å². The number of rotatable bonds is 4. The minimum atomic E-state index is -2.86. The largest absolute Gasteiger partial charge is 0.504 e. The van der Waals surface area contributed by atoms with Crippen molar-refractivity contribution in [1.82, 2.24) is 0 Å². The Kier molecular flexibility index (Phi) is 3.36. The number of hydrogen-bond donors (Lipinski definition) is 4. The first-order chi connectivity index (χ1) is 8.64. The van der Waals surface area contributed by atoms with E-state index in [0.717, 1.165) is 18.2 Å². The molecule has 0 fully saturated rings. The Balaban J connectivity index is 3.21. The lowest BCUT2D eigenvalue weighted by atomic mass is 10.0. The molecule has 1 rings (SSSR count). The van der Waals surface area contributed by atoms with Crippen LogP contribution in [0.25, 0.3) is 0 Å². The summed E-state index contributed by atoms with van der Waals surface area (Å²) in [5.41, 5.74) is 5.03. The Morgan fingerprint density at radius 3 is 2.71 bits per heavy atom. The molecule has 0 aromatic heterocycles. The van der Waals surface area contributed by atoms with Crippen molar-refractivity contribution in [2.45, 2.75) is 19.0 Å². The number of phenolic OH excluding ortho intramolecular Hbond substituents is 2. The lowest BCUT2D eigenvalue weighted by Crippen LogP contribution is -2.38. The lowest BCUT2D eigenvalue weighted by molar-refractivity contribution is -0.147. The molecule has 6 heteroatoms. The van der Waals surface area contributed by atoms with Crippen LogP contribution in [0.3, 0.4) is 0 Å². The van der Waals surface area contributed by atoms with Crippen LogP contribution in [0.2, 0.25) is 0 Å². The molecule has 0 heterocycles. The Hall–Kier alpha value is -1.79. The normalized spacial score (nSPS) is 19.5. The summed E-state index contributed by atoms with van der Waals surface area (Å²) in [5.74, 6) is -2.36. The molecule has 0 radical (unpaired) electrons. The van der Waals surface area contributed by atoms with Crippen LogP contribution in [0.4, 0.5) is 0 Å². The molecule has 6 nitrogen and oxygen atoms in total. The predicted octanol–water partition coefficient (Wildman–Crippen LogP) is 0.0216. The van der Waals surface area contributed by atoms with Gasteiger partial charge in [0.2, 0.25) is 0 Å². The maximum Gasteiger partial charge on any atom is 0.325 e. The van der Waals surface area contributed by atoms with Gasteiger partial charge in [-0.15, -0.1) is 0 Å². The molecule has 0 aliphatic rings. The van der Waals surface area contributed by atoms with Crippen LogP contribution in [-0.4, -0.2) is 33.9 Å². The molecule has 1 aromatic carbocycles. The number of esters is 1. The van der Waals surface area contributed by atoms with Gasteiger partial charge in [-0.05, 0) is 24.6 Å². The number of aromatic hydroxyl groups is 2. The van der Waals surface area contributed by atoms with Gasteiger partial charge < -0.3 is 25.8 Å². The highest BCUT2D eigenvalue weighted by molar-refractivity contribution is 5.76. The average Bonchev–Trinajstić information content (AvgIpc) is 2.32. The second-order valence-corrected chi connectivity index (χ2v) is 3.19. The first kappa shape index (κ1) is 10.4. The molecule has 5 N–H and O–H groups in total. The van der Waals surface area contributed by atoms with Gasteiger partial charge in [-0.1, -0.05) is 6.07 Å². The number of nitrogens with two attached hydrogens (primary N) is 1. The number of aliphatic hydroxyl groups is 1.